The number of carboxylic acids is 1. The quantitative estimate of drug-likeness (QED) is 0.833. The van der Waals surface area contributed by atoms with Crippen LogP contribution in [0.25, 0.3) is 10.9 Å². The molecule has 2 rings (SSSR count). The molecule has 2 N–H and O–H groups in total. The molecule has 0 unspecified atom stereocenters. The van der Waals surface area contributed by atoms with Gasteiger partial charge in [0.05, 0.1) is 12.2 Å². The summed E-state index contributed by atoms with van der Waals surface area (Å²) in [5, 5.41) is 9.80. The maximum Gasteiger partial charge on any atom is 0.338 e. The van der Waals surface area contributed by atoms with E-state index in [9.17, 15) is 4.79 Å². The van der Waals surface area contributed by atoms with Gasteiger partial charge in [0, 0.05) is 16.6 Å². The minimum absolute atomic E-state index is 0.316. The second-order valence-electron chi connectivity index (χ2n) is 3.57. The van der Waals surface area contributed by atoms with E-state index in [0.29, 0.717) is 29.0 Å². The summed E-state index contributed by atoms with van der Waals surface area (Å²) in [6, 6.07) is 5.42. The van der Waals surface area contributed by atoms with Gasteiger partial charge >= 0.3 is 5.97 Å². The topological polar surface area (TPSA) is 62.3 Å². The first kappa shape index (κ1) is 10.5. The summed E-state index contributed by atoms with van der Waals surface area (Å²) < 4.78 is 5.35. The molecule has 0 fully saturated rings. The molecule has 4 nitrogen and oxygen atoms in total. The van der Waals surface area contributed by atoms with Gasteiger partial charge in [-0.15, -0.1) is 0 Å². The lowest BCUT2D eigenvalue weighted by Crippen LogP contribution is -1.97. The first-order valence-electron chi connectivity index (χ1n) is 5.12. The molecule has 1 aromatic heterocycles. The summed E-state index contributed by atoms with van der Waals surface area (Å²) >= 11 is 0. The molecule has 0 saturated heterocycles. The average Bonchev–Trinajstić information content (AvgIpc) is 2.53. The van der Waals surface area contributed by atoms with Crippen LogP contribution >= 0.6 is 0 Å². The van der Waals surface area contributed by atoms with Crippen LogP contribution in [0.15, 0.2) is 18.2 Å². The van der Waals surface area contributed by atoms with Crippen LogP contribution in [0.3, 0.4) is 0 Å². The summed E-state index contributed by atoms with van der Waals surface area (Å²) in [7, 11) is 0. The van der Waals surface area contributed by atoms with Crippen molar-refractivity contribution >= 4 is 16.9 Å². The Kier molecular flexibility index (Phi) is 2.56. The number of H-pyrrole nitrogens is 1. The molecule has 0 aliphatic heterocycles. The molecule has 0 aliphatic rings. The smallest absolute Gasteiger partial charge is 0.338 e. The largest absolute Gasteiger partial charge is 0.494 e. The highest BCUT2D eigenvalue weighted by atomic mass is 16.5. The Labute approximate surface area is 92.9 Å². The molecule has 84 valence electrons. The van der Waals surface area contributed by atoms with Crippen LogP contribution in [-0.2, 0) is 0 Å². The lowest BCUT2D eigenvalue weighted by atomic mass is 10.1. The lowest BCUT2D eigenvalue weighted by molar-refractivity contribution is 0.0698. The molecule has 2 aromatic rings. The zero-order valence-electron chi connectivity index (χ0n) is 9.20. The number of aromatic carboxylic acids is 1. The first-order chi connectivity index (χ1) is 7.63. The third-order valence-corrected chi connectivity index (χ3v) is 2.48. The number of hydrogen-bond acceptors (Lipinski definition) is 2. The van der Waals surface area contributed by atoms with Crippen molar-refractivity contribution in [3.8, 4) is 5.75 Å². The minimum Gasteiger partial charge on any atom is -0.494 e. The predicted molar refractivity (Wildman–Crippen MR) is 61.2 cm³/mol. The van der Waals surface area contributed by atoms with E-state index >= 15 is 0 Å². The van der Waals surface area contributed by atoms with Crippen molar-refractivity contribution in [2.75, 3.05) is 6.61 Å². The number of fused-ring (bicyclic) bond motifs is 1. The maximum absolute atomic E-state index is 11.1. The second-order valence-corrected chi connectivity index (χ2v) is 3.57. The average molecular weight is 219 g/mol. The second kappa shape index (κ2) is 3.89. The number of carboxylic acid groups (broad SMARTS) is 1. The van der Waals surface area contributed by atoms with Crippen LogP contribution in [0.1, 0.15) is 23.0 Å². The molecule has 4 heteroatoms. The molecule has 0 saturated carbocycles. The van der Waals surface area contributed by atoms with Gasteiger partial charge in [-0.2, -0.15) is 0 Å². The summed E-state index contributed by atoms with van der Waals surface area (Å²) in [6.07, 6.45) is 0. The van der Waals surface area contributed by atoms with Gasteiger partial charge in [-0.3, -0.25) is 0 Å². The highest BCUT2D eigenvalue weighted by molar-refractivity contribution is 6.05. The van der Waals surface area contributed by atoms with Gasteiger partial charge in [0.15, 0.2) is 0 Å². The van der Waals surface area contributed by atoms with Crippen molar-refractivity contribution in [2.24, 2.45) is 0 Å². The van der Waals surface area contributed by atoms with Crippen LogP contribution in [0.2, 0.25) is 0 Å². The van der Waals surface area contributed by atoms with Crippen LogP contribution in [0.4, 0.5) is 0 Å². The highest BCUT2D eigenvalue weighted by Gasteiger charge is 2.15. The van der Waals surface area contributed by atoms with Crippen molar-refractivity contribution in [3.63, 3.8) is 0 Å². The fraction of sp³-hybridized carbons (Fsp3) is 0.250. The molecule has 0 aliphatic carbocycles. The van der Waals surface area contributed by atoms with Crippen molar-refractivity contribution in [3.05, 3.63) is 29.5 Å². The summed E-state index contributed by atoms with van der Waals surface area (Å²) in [6.45, 7) is 4.21. The molecule has 1 heterocycles. The van der Waals surface area contributed by atoms with E-state index in [0.717, 1.165) is 5.52 Å². The van der Waals surface area contributed by atoms with Gasteiger partial charge in [0.2, 0.25) is 0 Å². The van der Waals surface area contributed by atoms with Crippen molar-refractivity contribution in [1.29, 1.82) is 0 Å². The van der Waals surface area contributed by atoms with Crippen LogP contribution < -0.4 is 4.74 Å². The number of aromatic nitrogens is 1. The molecule has 0 bridgehead atoms. The number of aryl methyl sites for hydroxylation is 1. The van der Waals surface area contributed by atoms with Gasteiger partial charge < -0.3 is 14.8 Å². The minimum atomic E-state index is -0.919. The molecule has 0 amide bonds. The third-order valence-electron chi connectivity index (χ3n) is 2.48. The predicted octanol–water partition coefficient (Wildman–Crippen LogP) is 2.57. The third kappa shape index (κ3) is 1.62. The number of aromatic amines is 1. The molecule has 0 radical (unpaired) electrons. The number of nitrogens with one attached hydrogen (secondary N) is 1. The Morgan fingerprint density at radius 2 is 2.25 bits per heavy atom. The zero-order chi connectivity index (χ0) is 11.7. The normalized spacial score (nSPS) is 10.6. The molecular formula is C12H13NO3. The summed E-state index contributed by atoms with van der Waals surface area (Å²) in [5.41, 5.74) is 1.80. The number of benzene rings is 1. The van der Waals surface area contributed by atoms with E-state index in [1.165, 1.54) is 0 Å². The Morgan fingerprint density at radius 1 is 1.50 bits per heavy atom. The highest BCUT2D eigenvalue weighted by Crippen LogP contribution is 2.26. The number of rotatable bonds is 3. The van der Waals surface area contributed by atoms with Gasteiger partial charge in [-0.1, -0.05) is 0 Å². The van der Waals surface area contributed by atoms with E-state index in [2.05, 4.69) is 4.98 Å². The van der Waals surface area contributed by atoms with E-state index in [1.54, 1.807) is 13.0 Å². The maximum atomic E-state index is 11.1. The molecule has 16 heavy (non-hydrogen) atoms. The number of ether oxygens (including phenoxy) is 1. The molecule has 0 atom stereocenters. The van der Waals surface area contributed by atoms with Gasteiger partial charge in [-0.05, 0) is 32.0 Å². The first-order valence-corrected chi connectivity index (χ1v) is 5.12. The van der Waals surface area contributed by atoms with Gasteiger partial charge in [0.25, 0.3) is 0 Å². The van der Waals surface area contributed by atoms with Gasteiger partial charge in [-0.25, -0.2) is 4.79 Å². The Balaban J connectivity index is 2.64. The summed E-state index contributed by atoms with van der Waals surface area (Å²) in [5.74, 6) is -0.228. The van der Waals surface area contributed by atoms with Crippen LogP contribution in [-0.4, -0.2) is 22.7 Å². The van der Waals surface area contributed by atoms with E-state index in [-0.39, 0.29) is 0 Å². The van der Waals surface area contributed by atoms with E-state index in [1.807, 2.05) is 19.1 Å². The van der Waals surface area contributed by atoms with Gasteiger partial charge in [0.1, 0.15) is 5.75 Å². The van der Waals surface area contributed by atoms with Crippen LogP contribution in [0, 0.1) is 6.92 Å². The van der Waals surface area contributed by atoms with Crippen molar-refractivity contribution in [1.82, 2.24) is 4.98 Å². The fourth-order valence-corrected chi connectivity index (χ4v) is 1.84. The molecule has 0 spiro atoms. The van der Waals surface area contributed by atoms with Crippen LogP contribution in [0.5, 0.6) is 5.75 Å². The molecular weight excluding hydrogens is 206 g/mol. The Morgan fingerprint density at radius 3 is 2.88 bits per heavy atom. The molecule has 1 aromatic carbocycles. The fourth-order valence-electron chi connectivity index (χ4n) is 1.84. The number of carbonyl (C=O) groups is 1. The van der Waals surface area contributed by atoms with Crippen molar-refractivity contribution < 1.29 is 14.6 Å². The van der Waals surface area contributed by atoms with Crippen molar-refractivity contribution in [2.45, 2.75) is 13.8 Å². The number of hydrogen-bond donors (Lipinski definition) is 2. The monoisotopic (exact) mass is 219 g/mol. The Hall–Kier alpha value is -1.97. The SMILES string of the molecule is CCOc1ccc2[nH]c(C)c(C(=O)O)c2c1. The van der Waals surface area contributed by atoms with E-state index < -0.39 is 5.97 Å². The summed E-state index contributed by atoms with van der Waals surface area (Å²) in [4.78, 5) is 14.1. The Bertz CT molecular complexity index is 542. The lowest BCUT2D eigenvalue weighted by Gasteiger charge is -2.02. The zero-order valence-corrected chi connectivity index (χ0v) is 9.20. The van der Waals surface area contributed by atoms with E-state index in [4.69, 9.17) is 9.84 Å². The standard InChI is InChI=1S/C12H13NO3/c1-3-16-8-4-5-10-9(6-8)11(12(14)15)7(2)13-10/h4-6,13H,3H2,1-2H3,(H,14,15).